The number of carbonyl (C=O) groups excluding carboxylic acids is 2. The van der Waals surface area contributed by atoms with Crippen LogP contribution < -0.4 is 10.7 Å². The number of nitro groups is 1. The van der Waals surface area contributed by atoms with Gasteiger partial charge >= 0.3 is 0 Å². The van der Waals surface area contributed by atoms with Gasteiger partial charge in [0.2, 0.25) is 0 Å². The predicted octanol–water partition coefficient (Wildman–Crippen LogP) is 1.78. The molecule has 25 heavy (non-hydrogen) atoms. The SMILES string of the molecule is Cc1cccc(C(=O)NCC(=O)N/N=C/c2cccc([N+](=O)[O-])c2)c1. The van der Waals surface area contributed by atoms with Gasteiger partial charge in [0.15, 0.2) is 0 Å². The van der Waals surface area contributed by atoms with E-state index in [0.29, 0.717) is 11.1 Å². The molecule has 0 saturated heterocycles. The minimum atomic E-state index is -0.517. The molecule has 0 aliphatic heterocycles. The Morgan fingerprint density at radius 2 is 1.96 bits per heavy atom. The lowest BCUT2D eigenvalue weighted by Crippen LogP contribution is -2.34. The number of hydrogen-bond acceptors (Lipinski definition) is 5. The molecule has 2 aromatic carbocycles. The van der Waals surface area contributed by atoms with Crippen LogP contribution in [0.1, 0.15) is 21.5 Å². The van der Waals surface area contributed by atoms with Gasteiger partial charge in [-0.15, -0.1) is 0 Å². The molecule has 0 aliphatic carbocycles. The van der Waals surface area contributed by atoms with E-state index in [4.69, 9.17) is 0 Å². The van der Waals surface area contributed by atoms with Crippen molar-refractivity contribution in [3.8, 4) is 0 Å². The first-order valence-corrected chi connectivity index (χ1v) is 7.37. The van der Waals surface area contributed by atoms with Crippen molar-refractivity contribution in [3.63, 3.8) is 0 Å². The summed E-state index contributed by atoms with van der Waals surface area (Å²) < 4.78 is 0. The summed E-state index contributed by atoms with van der Waals surface area (Å²) >= 11 is 0. The number of non-ortho nitro benzene ring substituents is 1. The van der Waals surface area contributed by atoms with E-state index in [9.17, 15) is 19.7 Å². The minimum absolute atomic E-state index is 0.0688. The minimum Gasteiger partial charge on any atom is -0.343 e. The van der Waals surface area contributed by atoms with Gasteiger partial charge in [-0.3, -0.25) is 19.7 Å². The van der Waals surface area contributed by atoms with Crippen molar-refractivity contribution in [1.29, 1.82) is 0 Å². The molecule has 2 amide bonds. The van der Waals surface area contributed by atoms with Crippen LogP contribution in [0.3, 0.4) is 0 Å². The predicted molar refractivity (Wildman–Crippen MR) is 92.3 cm³/mol. The second-order valence-electron chi connectivity index (χ2n) is 5.20. The van der Waals surface area contributed by atoms with Crippen molar-refractivity contribution in [1.82, 2.24) is 10.7 Å². The third-order valence-corrected chi connectivity index (χ3v) is 3.17. The lowest BCUT2D eigenvalue weighted by molar-refractivity contribution is -0.384. The van der Waals surface area contributed by atoms with Gasteiger partial charge in [-0.1, -0.05) is 29.8 Å². The summed E-state index contributed by atoms with van der Waals surface area (Å²) in [6, 6.07) is 12.8. The molecule has 0 aliphatic rings. The molecule has 0 unspecified atom stereocenters. The molecule has 2 rings (SSSR count). The molecule has 128 valence electrons. The lowest BCUT2D eigenvalue weighted by Gasteiger charge is -2.04. The molecule has 0 saturated carbocycles. The van der Waals surface area contributed by atoms with Gasteiger partial charge in [0.25, 0.3) is 17.5 Å². The zero-order chi connectivity index (χ0) is 18.2. The number of benzene rings is 2. The molecule has 8 heteroatoms. The zero-order valence-corrected chi connectivity index (χ0v) is 13.4. The van der Waals surface area contributed by atoms with Crippen molar-refractivity contribution >= 4 is 23.7 Å². The number of carbonyl (C=O) groups is 2. The number of nitrogens with zero attached hydrogens (tertiary/aromatic N) is 2. The van der Waals surface area contributed by atoms with Gasteiger partial charge in [-0.05, 0) is 19.1 Å². The van der Waals surface area contributed by atoms with E-state index >= 15 is 0 Å². The van der Waals surface area contributed by atoms with E-state index in [0.717, 1.165) is 5.56 Å². The normalized spacial score (nSPS) is 10.4. The van der Waals surface area contributed by atoms with Crippen LogP contribution >= 0.6 is 0 Å². The van der Waals surface area contributed by atoms with Crippen LogP contribution in [0.2, 0.25) is 0 Å². The van der Waals surface area contributed by atoms with Gasteiger partial charge < -0.3 is 5.32 Å². The number of hydrazone groups is 1. The van der Waals surface area contributed by atoms with Gasteiger partial charge in [-0.2, -0.15) is 5.10 Å². The maximum atomic E-state index is 11.9. The first-order valence-electron chi connectivity index (χ1n) is 7.37. The highest BCUT2D eigenvalue weighted by Crippen LogP contribution is 2.11. The van der Waals surface area contributed by atoms with Gasteiger partial charge in [0.1, 0.15) is 0 Å². The van der Waals surface area contributed by atoms with Crippen molar-refractivity contribution in [3.05, 3.63) is 75.3 Å². The second kappa shape index (κ2) is 8.34. The highest BCUT2D eigenvalue weighted by Gasteiger charge is 2.08. The summed E-state index contributed by atoms with van der Waals surface area (Å²) in [5, 5.41) is 16.9. The topological polar surface area (TPSA) is 114 Å². The van der Waals surface area contributed by atoms with E-state index in [1.807, 2.05) is 13.0 Å². The molecule has 0 fully saturated rings. The molecule has 0 atom stereocenters. The zero-order valence-electron chi connectivity index (χ0n) is 13.4. The van der Waals surface area contributed by atoms with Crippen LogP contribution in [0.25, 0.3) is 0 Å². The second-order valence-corrected chi connectivity index (χ2v) is 5.20. The first-order chi connectivity index (χ1) is 12.0. The van der Waals surface area contributed by atoms with Crippen LogP contribution in [0.15, 0.2) is 53.6 Å². The molecule has 0 aromatic heterocycles. The number of nitro benzene ring substituents is 1. The Kier molecular flexibility index (Phi) is 5.94. The number of rotatable bonds is 6. The van der Waals surface area contributed by atoms with Crippen molar-refractivity contribution in [2.75, 3.05) is 6.54 Å². The molecule has 2 N–H and O–H groups in total. The number of aryl methyl sites for hydroxylation is 1. The third-order valence-electron chi connectivity index (χ3n) is 3.17. The quantitative estimate of drug-likeness (QED) is 0.474. The molecular formula is C17H16N4O4. The fourth-order valence-electron chi connectivity index (χ4n) is 1.99. The third kappa shape index (κ3) is 5.54. The summed E-state index contributed by atoms with van der Waals surface area (Å²) in [6.07, 6.45) is 1.28. The number of amides is 2. The Labute approximate surface area is 143 Å². The maximum Gasteiger partial charge on any atom is 0.270 e. The average molecular weight is 340 g/mol. The van der Waals surface area contributed by atoms with E-state index < -0.39 is 10.8 Å². The Morgan fingerprint density at radius 3 is 2.68 bits per heavy atom. The molecule has 2 aromatic rings. The van der Waals surface area contributed by atoms with Crippen LogP contribution in [0.5, 0.6) is 0 Å². The fourth-order valence-corrected chi connectivity index (χ4v) is 1.99. The average Bonchev–Trinajstić information content (AvgIpc) is 2.60. The lowest BCUT2D eigenvalue weighted by atomic mass is 10.1. The van der Waals surface area contributed by atoms with Crippen LogP contribution in [0, 0.1) is 17.0 Å². The summed E-state index contributed by atoms with van der Waals surface area (Å²) in [5.41, 5.74) is 4.05. The Balaban J connectivity index is 1.83. The van der Waals surface area contributed by atoms with Crippen molar-refractivity contribution < 1.29 is 14.5 Å². The molecule has 0 spiro atoms. The van der Waals surface area contributed by atoms with Crippen LogP contribution in [-0.2, 0) is 4.79 Å². The largest absolute Gasteiger partial charge is 0.343 e. The van der Waals surface area contributed by atoms with Gasteiger partial charge in [-0.25, -0.2) is 5.43 Å². The summed E-state index contributed by atoms with van der Waals surface area (Å²) in [4.78, 5) is 33.7. The van der Waals surface area contributed by atoms with Gasteiger partial charge in [0, 0.05) is 23.3 Å². The maximum absolute atomic E-state index is 11.9. The first kappa shape index (κ1) is 17.8. The smallest absolute Gasteiger partial charge is 0.270 e. The molecule has 8 nitrogen and oxygen atoms in total. The van der Waals surface area contributed by atoms with E-state index in [-0.39, 0.29) is 18.1 Å². The standard InChI is InChI=1S/C17H16N4O4/c1-12-4-2-6-14(8-12)17(23)18-11-16(22)20-19-10-13-5-3-7-15(9-13)21(24)25/h2-10H,11H2,1H3,(H,18,23)(H,20,22)/b19-10+. The summed E-state index contributed by atoms with van der Waals surface area (Å²) in [6.45, 7) is 1.63. The van der Waals surface area contributed by atoms with E-state index in [1.54, 1.807) is 24.3 Å². The molecule has 0 radical (unpaired) electrons. The van der Waals surface area contributed by atoms with E-state index in [2.05, 4.69) is 15.8 Å². The highest BCUT2D eigenvalue weighted by molar-refractivity contribution is 5.96. The molecule has 0 heterocycles. The molecule has 0 bridgehead atoms. The number of hydrogen-bond donors (Lipinski definition) is 2. The highest BCUT2D eigenvalue weighted by atomic mass is 16.6. The Hall–Kier alpha value is -3.55. The van der Waals surface area contributed by atoms with Gasteiger partial charge in [0.05, 0.1) is 17.7 Å². The molecular weight excluding hydrogens is 324 g/mol. The Bertz CT molecular complexity index is 833. The van der Waals surface area contributed by atoms with Crippen molar-refractivity contribution in [2.24, 2.45) is 5.10 Å². The Morgan fingerprint density at radius 1 is 1.20 bits per heavy atom. The van der Waals surface area contributed by atoms with Crippen LogP contribution in [-0.4, -0.2) is 29.5 Å². The van der Waals surface area contributed by atoms with Crippen molar-refractivity contribution in [2.45, 2.75) is 6.92 Å². The summed E-state index contributed by atoms with van der Waals surface area (Å²) in [7, 11) is 0. The fraction of sp³-hybridized carbons (Fsp3) is 0.118. The summed E-state index contributed by atoms with van der Waals surface area (Å²) in [5.74, 6) is -0.871. The van der Waals surface area contributed by atoms with E-state index in [1.165, 1.54) is 24.4 Å². The van der Waals surface area contributed by atoms with Crippen LogP contribution in [0.4, 0.5) is 5.69 Å². The number of nitrogens with one attached hydrogen (secondary N) is 2. The monoisotopic (exact) mass is 340 g/mol.